The molecule has 82 valence electrons. The number of hydrogen-bond donors (Lipinski definition) is 3. The third-order valence-corrected chi connectivity index (χ3v) is 2.13. The second kappa shape index (κ2) is 6.37. The minimum absolute atomic E-state index is 0.0618. The van der Waals surface area contributed by atoms with Crippen molar-refractivity contribution in [1.82, 2.24) is 10.6 Å². The van der Waals surface area contributed by atoms with Crippen molar-refractivity contribution in [2.24, 2.45) is 5.92 Å². The highest BCUT2D eigenvalue weighted by molar-refractivity contribution is 5.84. The molecule has 0 rings (SSSR count). The number of hydrogen-bond acceptors (Lipinski definition) is 3. The number of carboxylic acids is 1. The van der Waals surface area contributed by atoms with Gasteiger partial charge in [-0.15, -0.1) is 0 Å². The summed E-state index contributed by atoms with van der Waals surface area (Å²) in [5.74, 6) is -1.34. The molecule has 0 aromatic heterocycles. The zero-order chi connectivity index (χ0) is 11.1. The highest BCUT2D eigenvalue weighted by Gasteiger charge is 2.24. The Labute approximate surface area is 83.9 Å². The van der Waals surface area contributed by atoms with Crippen LogP contribution in [0.5, 0.6) is 0 Å². The molecular weight excluding hydrogens is 184 g/mol. The molecule has 1 unspecified atom stereocenters. The van der Waals surface area contributed by atoms with E-state index in [0.717, 1.165) is 6.42 Å². The molecule has 0 aliphatic rings. The van der Waals surface area contributed by atoms with Crippen LogP contribution in [0.25, 0.3) is 0 Å². The zero-order valence-electron chi connectivity index (χ0n) is 8.83. The van der Waals surface area contributed by atoms with E-state index in [-0.39, 0.29) is 18.4 Å². The van der Waals surface area contributed by atoms with Crippen LogP contribution in [-0.4, -0.2) is 36.6 Å². The summed E-state index contributed by atoms with van der Waals surface area (Å²) in [7, 11) is 1.64. The molecule has 0 fully saturated rings. The molecule has 0 bridgehead atoms. The molecule has 0 aliphatic carbocycles. The lowest BCUT2D eigenvalue weighted by Crippen LogP contribution is -2.47. The van der Waals surface area contributed by atoms with E-state index in [1.807, 2.05) is 6.92 Å². The quantitative estimate of drug-likeness (QED) is 0.558. The van der Waals surface area contributed by atoms with Gasteiger partial charge in [-0.3, -0.25) is 4.79 Å². The Morgan fingerprint density at radius 1 is 1.43 bits per heavy atom. The SMILES string of the molecule is CCC(C)[C@H](NC(=O)CNC)C(=O)O. The predicted molar refractivity (Wildman–Crippen MR) is 52.9 cm³/mol. The average Bonchev–Trinajstić information content (AvgIpc) is 2.13. The van der Waals surface area contributed by atoms with E-state index in [2.05, 4.69) is 10.6 Å². The lowest BCUT2D eigenvalue weighted by atomic mass is 9.99. The van der Waals surface area contributed by atoms with Crippen LogP contribution < -0.4 is 10.6 Å². The summed E-state index contributed by atoms with van der Waals surface area (Å²) in [6, 6.07) is -0.791. The fourth-order valence-corrected chi connectivity index (χ4v) is 1.07. The molecule has 0 aliphatic heterocycles. The van der Waals surface area contributed by atoms with Gasteiger partial charge < -0.3 is 15.7 Å². The second-order valence-electron chi connectivity index (χ2n) is 3.30. The van der Waals surface area contributed by atoms with Gasteiger partial charge in [0, 0.05) is 0 Å². The number of rotatable bonds is 6. The highest BCUT2D eigenvalue weighted by Crippen LogP contribution is 2.07. The highest BCUT2D eigenvalue weighted by atomic mass is 16.4. The van der Waals surface area contributed by atoms with Crippen molar-refractivity contribution < 1.29 is 14.7 Å². The van der Waals surface area contributed by atoms with E-state index in [4.69, 9.17) is 5.11 Å². The minimum atomic E-state index is -0.983. The maximum Gasteiger partial charge on any atom is 0.326 e. The second-order valence-corrected chi connectivity index (χ2v) is 3.30. The molecule has 5 nitrogen and oxygen atoms in total. The van der Waals surface area contributed by atoms with Gasteiger partial charge in [-0.2, -0.15) is 0 Å². The van der Waals surface area contributed by atoms with Gasteiger partial charge in [0.15, 0.2) is 0 Å². The van der Waals surface area contributed by atoms with Gasteiger partial charge >= 0.3 is 5.97 Å². The lowest BCUT2D eigenvalue weighted by molar-refractivity contribution is -0.143. The molecule has 3 N–H and O–H groups in total. The number of aliphatic carboxylic acids is 1. The van der Waals surface area contributed by atoms with Gasteiger partial charge in [0.1, 0.15) is 6.04 Å². The Morgan fingerprint density at radius 3 is 2.36 bits per heavy atom. The zero-order valence-corrected chi connectivity index (χ0v) is 8.83. The molecule has 0 aromatic rings. The largest absolute Gasteiger partial charge is 0.480 e. The lowest BCUT2D eigenvalue weighted by Gasteiger charge is -2.19. The van der Waals surface area contributed by atoms with Gasteiger partial charge in [-0.25, -0.2) is 4.79 Å². The molecule has 0 radical (unpaired) electrons. The Kier molecular flexibility index (Phi) is 5.87. The van der Waals surface area contributed by atoms with Crippen molar-refractivity contribution in [1.29, 1.82) is 0 Å². The number of likely N-dealkylation sites (N-methyl/N-ethyl adjacent to an activating group) is 1. The molecule has 0 saturated heterocycles. The van der Waals surface area contributed by atoms with Crippen LogP contribution in [0.15, 0.2) is 0 Å². The van der Waals surface area contributed by atoms with Crippen LogP contribution >= 0.6 is 0 Å². The van der Waals surface area contributed by atoms with E-state index in [0.29, 0.717) is 0 Å². The summed E-state index contributed by atoms with van der Waals surface area (Å²) in [6.45, 7) is 3.84. The van der Waals surface area contributed by atoms with Crippen molar-refractivity contribution in [3.05, 3.63) is 0 Å². The molecule has 0 saturated carbocycles. The van der Waals surface area contributed by atoms with Gasteiger partial charge in [-0.1, -0.05) is 20.3 Å². The fourth-order valence-electron chi connectivity index (χ4n) is 1.07. The van der Waals surface area contributed by atoms with Crippen molar-refractivity contribution in [3.63, 3.8) is 0 Å². The van der Waals surface area contributed by atoms with Gasteiger partial charge in [0.05, 0.1) is 6.54 Å². The monoisotopic (exact) mass is 202 g/mol. The molecule has 1 amide bonds. The first-order valence-corrected chi connectivity index (χ1v) is 4.69. The predicted octanol–water partition coefficient (Wildman–Crippen LogP) is -0.179. The van der Waals surface area contributed by atoms with E-state index in [1.54, 1.807) is 14.0 Å². The Morgan fingerprint density at radius 2 is 2.00 bits per heavy atom. The third-order valence-electron chi connectivity index (χ3n) is 2.13. The standard InChI is InChI=1S/C9H18N2O3/c1-4-6(2)8(9(13)14)11-7(12)5-10-3/h6,8,10H,4-5H2,1-3H3,(H,11,12)(H,13,14)/t6?,8-/m0/s1. The van der Waals surface area contributed by atoms with Crippen LogP contribution in [0, 0.1) is 5.92 Å². The third kappa shape index (κ3) is 4.23. The van der Waals surface area contributed by atoms with Crippen LogP contribution in [0.1, 0.15) is 20.3 Å². The molecule has 0 aromatic carbocycles. The Balaban J connectivity index is 4.23. The van der Waals surface area contributed by atoms with Crippen molar-refractivity contribution >= 4 is 11.9 Å². The van der Waals surface area contributed by atoms with Gasteiger partial charge in [0.25, 0.3) is 0 Å². The van der Waals surface area contributed by atoms with E-state index < -0.39 is 12.0 Å². The number of carbonyl (C=O) groups excluding carboxylic acids is 1. The van der Waals surface area contributed by atoms with Crippen LogP contribution in [0.4, 0.5) is 0 Å². The van der Waals surface area contributed by atoms with Crippen molar-refractivity contribution in [3.8, 4) is 0 Å². The molecule has 0 heterocycles. The fraction of sp³-hybridized carbons (Fsp3) is 0.778. The molecular formula is C9H18N2O3. The molecule has 14 heavy (non-hydrogen) atoms. The summed E-state index contributed by atoms with van der Waals surface area (Å²) >= 11 is 0. The topological polar surface area (TPSA) is 78.4 Å². The summed E-state index contributed by atoms with van der Waals surface area (Å²) in [5, 5.41) is 14.0. The van der Waals surface area contributed by atoms with Crippen LogP contribution in [0.2, 0.25) is 0 Å². The van der Waals surface area contributed by atoms with Crippen LogP contribution in [0.3, 0.4) is 0 Å². The Hall–Kier alpha value is -1.10. The number of amides is 1. The van der Waals surface area contributed by atoms with Gasteiger partial charge in [-0.05, 0) is 13.0 Å². The summed E-state index contributed by atoms with van der Waals surface area (Å²) in [6.07, 6.45) is 0.719. The molecule has 2 atom stereocenters. The Bertz CT molecular complexity index is 206. The minimum Gasteiger partial charge on any atom is -0.480 e. The normalized spacial score (nSPS) is 14.5. The first-order chi connectivity index (χ1) is 6.52. The summed E-state index contributed by atoms with van der Waals surface area (Å²) < 4.78 is 0. The first kappa shape index (κ1) is 12.9. The van der Waals surface area contributed by atoms with Crippen molar-refractivity contribution in [2.75, 3.05) is 13.6 Å². The summed E-state index contributed by atoms with van der Waals surface area (Å²) in [4.78, 5) is 21.9. The van der Waals surface area contributed by atoms with E-state index in [9.17, 15) is 9.59 Å². The van der Waals surface area contributed by atoms with Crippen molar-refractivity contribution in [2.45, 2.75) is 26.3 Å². The number of nitrogens with one attached hydrogen (secondary N) is 2. The smallest absolute Gasteiger partial charge is 0.326 e. The van der Waals surface area contributed by atoms with Gasteiger partial charge in [0.2, 0.25) is 5.91 Å². The maximum atomic E-state index is 11.1. The number of carbonyl (C=O) groups is 2. The summed E-state index contributed by atoms with van der Waals surface area (Å²) in [5.41, 5.74) is 0. The maximum absolute atomic E-state index is 11.1. The molecule has 5 heteroatoms. The van der Waals surface area contributed by atoms with Crippen LogP contribution in [-0.2, 0) is 9.59 Å². The average molecular weight is 202 g/mol. The number of carboxylic acid groups (broad SMARTS) is 1. The molecule has 0 spiro atoms. The van der Waals surface area contributed by atoms with E-state index in [1.165, 1.54) is 0 Å². The first-order valence-electron chi connectivity index (χ1n) is 4.69. The van der Waals surface area contributed by atoms with E-state index >= 15 is 0 Å².